The van der Waals surface area contributed by atoms with Gasteiger partial charge < -0.3 is 9.84 Å². The van der Waals surface area contributed by atoms with Crippen molar-refractivity contribution in [1.82, 2.24) is 10.5 Å². The molecule has 3 nitrogen and oxygen atoms in total. The molecule has 1 aliphatic rings. The number of hydrogen-bond donors (Lipinski definition) is 1. The van der Waals surface area contributed by atoms with Crippen LogP contribution < -0.4 is 5.32 Å². The molecule has 0 saturated heterocycles. The smallest absolute Gasteiger partial charge is 0.137 e. The van der Waals surface area contributed by atoms with Crippen LogP contribution in [0, 0.1) is 25.2 Å². The van der Waals surface area contributed by atoms with Crippen molar-refractivity contribution >= 4 is 0 Å². The summed E-state index contributed by atoms with van der Waals surface area (Å²) in [6.07, 6.45) is 4.94. The summed E-state index contributed by atoms with van der Waals surface area (Å²) in [5, 5.41) is 7.88. The maximum absolute atomic E-state index is 5.26. The van der Waals surface area contributed by atoms with Crippen LogP contribution in [-0.4, -0.2) is 17.2 Å². The molecule has 0 aliphatic heterocycles. The van der Waals surface area contributed by atoms with Gasteiger partial charge in [-0.2, -0.15) is 0 Å². The second-order valence-electron chi connectivity index (χ2n) is 7.68. The van der Waals surface area contributed by atoms with Crippen LogP contribution in [0.25, 0.3) is 0 Å². The average Bonchev–Trinajstić information content (AvgIpc) is 2.57. The van der Waals surface area contributed by atoms with E-state index in [-0.39, 0.29) is 0 Å². The molecule has 114 valence electrons. The Morgan fingerprint density at radius 2 is 2.05 bits per heavy atom. The van der Waals surface area contributed by atoms with E-state index in [1.807, 2.05) is 13.8 Å². The molecule has 0 amide bonds. The number of nitrogens with zero attached hydrogens (tertiary/aromatic N) is 1. The van der Waals surface area contributed by atoms with E-state index in [0.29, 0.717) is 17.5 Å². The zero-order valence-electron chi connectivity index (χ0n) is 13.9. The van der Waals surface area contributed by atoms with Crippen molar-refractivity contribution in [1.29, 1.82) is 0 Å². The summed E-state index contributed by atoms with van der Waals surface area (Å²) >= 11 is 0. The quantitative estimate of drug-likeness (QED) is 0.903. The molecular formula is C17H30N2O. The molecule has 1 fully saturated rings. The summed E-state index contributed by atoms with van der Waals surface area (Å²) < 4.78 is 5.26. The van der Waals surface area contributed by atoms with Crippen LogP contribution in [0.4, 0.5) is 0 Å². The van der Waals surface area contributed by atoms with Crippen molar-refractivity contribution in [3.05, 3.63) is 17.0 Å². The predicted molar refractivity (Wildman–Crippen MR) is 82.9 cm³/mol. The monoisotopic (exact) mass is 278 g/mol. The Morgan fingerprint density at radius 3 is 2.60 bits per heavy atom. The van der Waals surface area contributed by atoms with Gasteiger partial charge in [0.2, 0.25) is 0 Å². The van der Waals surface area contributed by atoms with Crippen molar-refractivity contribution < 1.29 is 4.52 Å². The third kappa shape index (κ3) is 3.85. The second kappa shape index (κ2) is 5.88. The first-order chi connectivity index (χ1) is 9.27. The van der Waals surface area contributed by atoms with Crippen LogP contribution >= 0.6 is 0 Å². The van der Waals surface area contributed by atoms with Crippen molar-refractivity contribution in [3.8, 4) is 0 Å². The minimum atomic E-state index is 0.470. The lowest BCUT2D eigenvalue weighted by Crippen LogP contribution is -2.44. The SMILES string of the molecule is Cc1noc(C)c1C[C@H](C)N[C@H]1C[C@H](C)CC(C)(C)C1. The number of rotatable bonds is 4. The molecule has 1 heterocycles. The Kier molecular flexibility index (Phi) is 4.58. The molecule has 1 N–H and O–H groups in total. The fourth-order valence-corrected chi connectivity index (χ4v) is 4.03. The number of nitrogens with one attached hydrogen (secondary N) is 1. The topological polar surface area (TPSA) is 38.1 Å². The van der Waals surface area contributed by atoms with Gasteiger partial charge in [-0.1, -0.05) is 25.9 Å². The van der Waals surface area contributed by atoms with Gasteiger partial charge in [-0.3, -0.25) is 0 Å². The minimum Gasteiger partial charge on any atom is -0.361 e. The van der Waals surface area contributed by atoms with Gasteiger partial charge >= 0.3 is 0 Å². The normalized spacial score (nSPS) is 27.5. The highest BCUT2D eigenvalue weighted by Gasteiger charge is 2.32. The molecular weight excluding hydrogens is 248 g/mol. The van der Waals surface area contributed by atoms with E-state index in [2.05, 4.69) is 38.2 Å². The largest absolute Gasteiger partial charge is 0.361 e. The van der Waals surface area contributed by atoms with Crippen LogP contribution in [0.5, 0.6) is 0 Å². The fraction of sp³-hybridized carbons (Fsp3) is 0.824. The van der Waals surface area contributed by atoms with Gasteiger partial charge in [0.05, 0.1) is 5.69 Å². The first kappa shape index (κ1) is 15.6. The zero-order chi connectivity index (χ0) is 14.9. The van der Waals surface area contributed by atoms with Gasteiger partial charge in [-0.05, 0) is 57.8 Å². The molecule has 20 heavy (non-hydrogen) atoms. The van der Waals surface area contributed by atoms with E-state index in [9.17, 15) is 0 Å². The van der Waals surface area contributed by atoms with Crippen molar-refractivity contribution in [2.45, 2.75) is 79.3 Å². The summed E-state index contributed by atoms with van der Waals surface area (Å²) in [4.78, 5) is 0. The molecule has 1 aromatic heterocycles. The Bertz CT molecular complexity index is 430. The van der Waals surface area contributed by atoms with Crippen LogP contribution in [-0.2, 0) is 6.42 Å². The minimum absolute atomic E-state index is 0.470. The summed E-state index contributed by atoms with van der Waals surface area (Å²) in [5.74, 6) is 1.79. The van der Waals surface area contributed by atoms with Crippen LogP contribution in [0.1, 0.15) is 64.0 Å². The molecule has 0 aromatic carbocycles. The molecule has 1 aliphatic carbocycles. The van der Waals surface area contributed by atoms with Gasteiger partial charge in [0.25, 0.3) is 0 Å². The van der Waals surface area contributed by atoms with Crippen LogP contribution in [0.3, 0.4) is 0 Å². The molecule has 1 saturated carbocycles. The molecule has 2 rings (SSSR count). The van der Waals surface area contributed by atoms with Gasteiger partial charge in [0.1, 0.15) is 5.76 Å². The van der Waals surface area contributed by atoms with E-state index in [4.69, 9.17) is 4.52 Å². The molecule has 0 bridgehead atoms. The van der Waals surface area contributed by atoms with E-state index in [1.165, 1.54) is 24.8 Å². The van der Waals surface area contributed by atoms with Crippen molar-refractivity contribution in [2.75, 3.05) is 0 Å². The number of aryl methyl sites for hydroxylation is 2. The molecule has 0 spiro atoms. The van der Waals surface area contributed by atoms with Gasteiger partial charge in [-0.25, -0.2) is 0 Å². The van der Waals surface area contributed by atoms with E-state index in [1.54, 1.807) is 0 Å². The molecule has 1 aromatic rings. The zero-order valence-corrected chi connectivity index (χ0v) is 13.9. The molecule has 0 radical (unpaired) electrons. The highest BCUT2D eigenvalue weighted by atomic mass is 16.5. The lowest BCUT2D eigenvalue weighted by molar-refractivity contribution is 0.145. The Balaban J connectivity index is 1.93. The highest BCUT2D eigenvalue weighted by molar-refractivity contribution is 5.21. The van der Waals surface area contributed by atoms with Gasteiger partial charge in [0.15, 0.2) is 0 Å². The third-order valence-corrected chi connectivity index (χ3v) is 4.60. The highest BCUT2D eigenvalue weighted by Crippen LogP contribution is 2.38. The lowest BCUT2D eigenvalue weighted by Gasteiger charge is -2.40. The number of aromatic nitrogens is 1. The fourth-order valence-electron chi connectivity index (χ4n) is 4.03. The summed E-state index contributed by atoms with van der Waals surface area (Å²) in [6.45, 7) is 13.5. The first-order valence-electron chi connectivity index (χ1n) is 7.94. The van der Waals surface area contributed by atoms with Gasteiger partial charge in [0, 0.05) is 17.6 Å². The van der Waals surface area contributed by atoms with Crippen molar-refractivity contribution in [2.24, 2.45) is 11.3 Å². The Hall–Kier alpha value is -0.830. The van der Waals surface area contributed by atoms with E-state index < -0.39 is 0 Å². The summed E-state index contributed by atoms with van der Waals surface area (Å²) in [5.41, 5.74) is 2.78. The van der Waals surface area contributed by atoms with E-state index >= 15 is 0 Å². The maximum atomic E-state index is 5.26. The predicted octanol–water partition coefficient (Wildman–Crippen LogP) is 4.03. The lowest BCUT2D eigenvalue weighted by atomic mass is 9.70. The third-order valence-electron chi connectivity index (χ3n) is 4.60. The molecule has 0 unspecified atom stereocenters. The Morgan fingerprint density at radius 1 is 1.35 bits per heavy atom. The Labute approximate surface area is 123 Å². The average molecular weight is 278 g/mol. The number of hydrogen-bond acceptors (Lipinski definition) is 3. The summed E-state index contributed by atoms with van der Waals surface area (Å²) in [6, 6.07) is 1.11. The van der Waals surface area contributed by atoms with Crippen LogP contribution in [0.2, 0.25) is 0 Å². The van der Waals surface area contributed by atoms with E-state index in [0.717, 1.165) is 23.8 Å². The van der Waals surface area contributed by atoms with Crippen molar-refractivity contribution in [3.63, 3.8) is 0 Å². The summed E-state index contributed by atoms with van der Waals surface area (Å²) in [7, 11) is 0. The van der Waals surface area contributed by atoms with Gasteiger partial charge in [-0.15, -0.1) is 0 Å². The van der Waals surface area contributed by atoms with Crippen LogP contribution in [0.15, 0.2) is 4.52 Å². The molecule has 3 heteroatoms. The maximum Gasteiger partial charge on any atom is 0.137 e. The second-order valence-corrected chi connectivity index (χ2v) is 7.68. The first-order valence-corrected chi connectivity index (χ1v) is 7.94. The molecule has 3 atom stereocenters. The standard InChI is InChI=1S/C17H30N2O/c1-11-7-15(10-17(5,6)9-11)18-12(2)8-16-13(3)19-20-14(16)4/h11-12,15,18H,7-10H2,1-6H3/t11-,12-,15-/m0/s1.